The molecule has 7 rings (SSSR count). The van der Waals surface area contributed by atoms with Crippen LogP contribution in [0.25, 0.3) is 10.8 Å². The summed E-state index contributed by atoms with van der Waals surface area (Å²) in [6.07, 6.45) is 6.94. The zero-order valence-electron chi connectivity index (χ0n) is 31.5. The van der Waals surface area contributed by atoms with Gasteiger partial charge in [-0.1, -0.05) is 129 Å². The fourth-order valence-electron chi connectivity index (χ4n) is 7.92. The molecule has 5 aromatic rings. The van der Waals surface area contributed by atoms with Crippen molar-refractivity contribution in [3.05, 3.63) is 137 Å². The highest BCUT2D eigenvalue weighted by Crippen LogP contribution is 2.26. The normalized spacial score (nSPS) is 20.4. The van der Waals surface area contributed by atoms with Crippen molar-refractivity contribution < 1.29 is 23.9 Å². The Kier molecular flexibility index (Phi) is 12.7. The van der Waals surface area contributed by atoms with E-state index in [0.717, 1.165) is 78.8 Å². The number of nitrogens with zero attached hydrogens (tertiary/aromatic N) is 2. The summed E-state index contributed by atoms with van der Waals surface area (Å²) in [5, 5.41) is 16.1. The smallest absolute Gasteiger partial charge is 0.272 e. The first-order valence-electron chi connectivity index (χ1n) is 19.7. The molecule has 4 aromatic carbocycles. The van der Waals surface area contributed by atoms with Crippen molar-refractivity contribution in [2.45, 2.75) is 108 Å². The van der Waals surface area contributed by atoms with Gasteiger partial charge < -0.3 is 25.4 Å². The van der Waals surface area contributed by atoms with Crippen LogP contribution >= 0.6 is 0 Å². The third-order valence-electron chi connectivity index (χ3n) is 10.9. The molecule has 0 spiro atoms. The number of fused-ring (bicyclic) bond motifs is 1. The van der Waals surface area contributed by atoms with Gasteiger partial charge in [0.1, 0.15) is 12.2 Å². The largest absolute Gasteiger partial charge is 0.371 e. The lowest BCUT2D eigenvalue weighted by Crippen LogP contribution is -2.48. The number of rotatable bonds is 14. The van der Waals surface area contributed by atoms with E-state index in [1.807, 2.05) is 110 Å². The maximum absolute atomic E-state index is 14.1. The first-order chi connectivity index (χ1) is 26.9. The lowest BCUT2D eigenvalue weighted by molar-refractivity contribution is -0.124. The zero-order chi connectivity index (χ0) is 38.0. The first-order valence-corrected chi connectivity index (χ1v) is 19.7. The molecular weight excluding hydrogens is 691 g/mol. The highest BCUT2D eigenvalue weighted by molar-refractivity contribution is 5.99. The Morgan fingerprint density at radius 3 is 1.91 bits per heavy atom. The second-order valence-corrected chi connectivity index (χ2v) is 14.8. The minimum Gasteiger partial charge on any atom is -0.371 e. The van der Waals surface area contributed by atoms with Crippen molar-refractivity contribution in [3.8, 4) is 0 Å². The van der Waals surface area contributed by atoms with Crippen LogP contribution in [0.2, 0.25) is 0 Å². The standard InChI is InChI=1S/C45H51N5O5/c1-31(35-22-14-20-34-19-8-9-21-36(34)35)46-44(52)39-27-40(45(53)48-38-24-11-13-26-42(38)55-30-33-17-6-3-7-18-33)50(49-39)28-43(51)47-37-23-10-12-25-41(37)54-29-32-15-4-2-5-16-32/h2-9,14-22,27,31,37-38,41-42H,10-13,23-26,28-30H2,1H3,(H,46,52)(H,47,51)(H,48,53)/t31-,37+,38+,41+,42+/m1/s1. The van der Waals surface area contributed by atoms with E-state index in [1.54, 1.807) is 0 Å². The van der Waals surface area contributed by atoms with E-state index >= 15 is 0 Å². The molecule has 0 bridgehead atoms. The molecule has 0 unspecified atom stereocenters. The Morgan fingerprint density at radius 2 is 1.25 bits per heavy atom. The molecule has 0 saturated heterocycles. The predicted molar refractivity (Wildman–Crippen MR) is 212 cm³/mol. The monoisotopic (exact) mass is 741 g/mol. The van der Waals surface area contributed by atoms with Gasteiger partial charge in [0.2, 0.25) is 5.91 Å². The number of nitrogens with one attached hydrogen (secondary N) is 3. The highest BCUT2D eigenvalue weighted by Gasteiger charge is 2.31. The summed E-state index contributed by atoms with van der Waals surface area (Å²) in [7, 11) is 0. The molecule has 2 fully saturated rings. The summed E-state index contributed by atoms with van der Waals surface area (Å²) in [4.78, 5) is 41.6. The van der Waals surface area contributed by atoms with Crippen molar-refractivity contribution >= 4 is 28.5 Å². The van der Waals surface area contributed by atoms with Crippen molar-refractivity contribution in [2.75, 3.05) is 0 Å². The summed E-state index contributed by atoms with van der Waals surface area (Å²) in [6, 6.07) is 34.8. The summed E-state index contributed by atoms with van der Waals surface area (Å²) < 4.78 is 14.0. The predicted octanol–water partition coefficient (Wildman–Crippen LogP) is 7.43. The number of ether oxygens (including phenoxy) is 2. The van der Waals surface area contributed by atoms with Gasteiger partial charge in [0.15, 0.2) is 5.69 Å². The van der Waals surface area contributed by atoms with Crippen LogP contribution in [-0.4, -0.2) is 51.8 Å². The second-order valence-electron chi connectivity index (χ2n) is 14.8. The van der Waals surface area contributed by atoms with E-state index in [-0.39, 0.29) is 54.2 Å². The molecule has 1 heterocycles. The molecule has 0 aliphatic heterocycles. The van der Waals surface area contributed by atoms with Crippen LogP contribution in [0.5, 0.6) is 0 Å². The Morgan fingerprint density at radius 1 is 0.691 bits per heavy atom. The first kappa shape index (κ1) is 38.0. The van der Waals surface area contributed by atoms with E-state index in [4.69, 9.17) is 9.47 Å². The summed E-state index contributed by atoms with van der Waals surface area (Å²) in [5.41, 5.74) is 3.33. The third kappa shape index (κ3) is 9.87. The minimum absolute atomic E-state index is 0.0623. The van der Waals surface area contributed by atoms with Crippen LogP contribution in [0.1, 0.15) is 102 Å². The maximum atomic E-state index is 14.1. The Labute approximate surface area is 323 Å². The average molecular weight is 742 g/mol. The summed E-state index contributed by atoms with van der Waals surface area (Å²) >= 11 is 0. The number of carbonyl (C=O) groups excluding carboxylic acids is 3. The lowest BCUT2D eigenvalue weighted by atomic mass is 9.92. The van der Waals surface area contributed by atoms with Gasteiger partial charge in [-0.2, -0.15) is 5.10 Å². The average Bonchev–Trinajstić information content (AvgIpc) is 3.64. The van der Waals surface area contributed by atoms with Crippen LogP contribution in [0, 0.1) is 0 Å². The number of aromatic nitrogens is 2. The van der Waals surface area contributed by atoms with Crippen LogP contribution in [0.15, 0.2) is 109 Å². The molecule has 1 aromatic heterocycles. The fraction of sp³-hybridized carbons (Fsp3) is 0.378. The van der Waals surface area contributed by atoms with Crippen molar-refractivity contribution in [3.63, 3.8) is 0 Å². The van der Waals surface area contributed by atoms with E-state index in [0.29, 0.717) is 13.2 Å². The topological polar surface area (TPSA) is 124 Å². The molecule has 5 atom stereocenters. The van der Waals surface area contributed by atoms with Gasteiger partial charge in [0.05, 0.1) is 43.5 Å². The third-order valence-corrected chi connectivity index (χ3v) is 10.9. The van der Waals surface area contributed by atoms with E-state index in [1.165, 1.54) is 10.7 Å². The van der Waals surface area contributed by atoms with Crippen LogP contribution in [-0.2, 0) is 34.0 Å². The molecule has 3 N–H and O–H groups in total. The minimum atomic E-state index is -0.433. The molecule has 0 radical (unpaired) electrons. The number of benzene rings is 4. The highest BCUT2D eigenvalue weighted by atomic mass is 16.5. The second kappa shape index (κ2) is 18.3. The molecule has 2 aliphatic carbocycles. The molecule has 286 valence electrons. The van der Waals surface area contributed by atoms with E-state index < -0.39 is 11.8 Å². The van der Waals surface area contributed by atoms with E-state index in [9.17, 15) is 14.4 Å². The molecule has 10 nitrogen and oxygen atoms in total. The quantitative estimate of drug-likeness (QED) is 0.109. The number of carbonyl (C=O) groups is 3. The van der Waals surface area contributed by atoms with Crippen LogP contribution in [0.4, 0.5) is 0 Å². The van der Waals surface area contributed by atoms with E-state index in [2.05, 4.69) is 21.0 Å². The maximum Gasteiger partial charge on any atom is 0.272 e. The van der Waals surface area contributed by atoms with Gasteiger partial charge in [0.25, 0.3) is 11.8 Å². The number of hydrogen-bond acceptors (Lipinski definition) is 6. The molecule has 55 heavy (non-hydrogen) atoms. The summed E-state index contributed by atoms with van der Waals surface area (Å²) in [5.74, 6) is -1.13. The van der Waals surface area contributed by atoms with Gasteiger partial charge in [0, 0.05) is 6.07 Å². The van der Waals surface area contributed by atoms with Gasteiger partial charge in [-0.15, -0.1) is 0 Å². The SMILES string of the molecule is C[C@@H](NC(=O)c1cc(C(=O)N[C@H]2CCCC[C@@H]2OCc2ccccc2)n(CC(=O)N[C@H]2CCCC[C@@H]2OCc2ccccc2)n1)c1cccc2ccccc12. The fourth-order valence-corrected chi connectivity index (χ4v) is 7.92. The Bertz CT molecular complexity index is 2050. The lowest BCUT2D eigenvalue weighted by Gasteiger charge is -2.32. The molecular formula is C45H51N5O5. The van der Waals surface area contributed by atoms with Gasteiger partial charge in [-0.3, -0.25) is 14.4 Å². The Hall–Kier alpha value is -5.32. The molecule has 10 heteroatoms. The van der Waals surface area contributed by atoms with Crippen LogP contribution < -0.4 is 16.0 Å². The number of amides is 3. The summed E-state index contributed by atoms with van der Waals surface area (Å²) in [6.45, 7) is 2.62. The van der Waals surface area contributed by atoms with Gasteiger partial charge in [-0.05, 0) is 60.1 Å². The number of hydrogen-bond donors (Lipinski definition) is 3. The van der Waals surface area contributed by atoms with Crippen molar-refractivity contribution in [1.82, 2.24) is 25.7 Å². The van der Waals surface area contributed by atoms with Crippen molar-refractivity contribution in [2.24, 2.45) is 0 Å². The van der Waals surface area contributed by atoms with Crippen molar-refractivity contribution in [1.29, 1.82) is 0 Å². The zero-order valence-corrected chi connectivity index (χ0v) is 31.5. The molecule has 2 aliphatic rings. The van der Waals surface area contributed by atoms with Gasteiger partial charge >= 0.3 is 0 Å². The molecule has 2 saturated carbocycles. The molecule has 3 amide bonds. The van der Waals surface area contributed by atoms with Gasteiger partial charge in [-0.25, -0.2) is 4.68 Å². The van der Waals surface area contributed by atoms with Crippen LogP contribution in [0.3, 0.4) is 0 Å². The Balaban J connectivity index is 1.08.